The molecule has 0 spiro atoms. The maximum absolute atomic E-state index is 12.6. The van der Waals surface area contributed by atoms with Crippen LogP contribution in [0.5, 0.6) is 0 Å². The van der Waals surface area contributed by atoms with Crippen molar-refractivity contribution in [2.75, 3.05) is 32.7 Å². The summed E-state index contributed by atoms with van der Waals surface area (Å²) in [4.78, 5) is 17.0. The molecule has 2 fully saturated rings. The molecule has 6 heteroatoms. The standard InChI is InChI=1S/C22H29N5O/c28-22(26-15-5-2-6-16-26)21-18-27(24-23-21)20-12-8-14-25(17-20)13-7-11-19-9-3-1-4-10-19/h1,3-4,7,9-11,18,20H,2,5-6,8,12-17H2/b11-7+/t20-/m1/s1. The molecule has 1 amide bonds. The van der Waals surface area contributed by atoms with Crippen molar-refractivity contribution in [2.45, 2.75) is 38.1 Å². The van der Waals surface area contributed by atoms with Crippen LogP contribution >= 0.6 is 0 Å². The molecule has 2 saturated heterocycles. The van der Waals surface area contributed by atoms with Gasteiger partial charge in [0.1, 0.15) is 0 Å². The molecule has 2 aliphatic rings. The van der Waals surface area contributed by atoms with Crippen LogP contribution in [0.1, 0.15) is 54.2 Å². The summed E-state index contributed by atoms with van der Waals surface area (Å²) in [6.45, 7) is 4.66. The molecule has 4 rings (SSSR count). The van der Waals surface area contributed by atoms with E-state index in [4.69, 9.17) is 0 Å². The Morgan fingerprint density at radius 3 is 2.71 bits per heavy atom. The average Bonchev–Trinajstić information content (AvgIpc) is 3.25. The van der Waals surface area contributed by atoms with Crippen LogP contribution in [-0.4, -0.2) is 63.4 Å². The Bertz CT molecular complexity index is 794. The van der Waals surface area contributed by atoms with Gasteiger partial charge in [-0.3, -0.25) is 9.69 Å². The molecule has 0 unspecified atom stereocenters. The Labute approximate surface area is 166 Å². The zero-order valence-electron chi connectivity index (χ0n) is 16.4. The summed E-state index contributed by atoms with van der Waals surface area (Å²) in [7, 11) is 0. The first-order chi connectivity index (χ1) is 13.8. The van der Waals surface area contributed by atoms with E-state index >= 15 is 0 Å². The van der Waals surface area contributed by atoms with Gasteiger partial charge in [-0.2, -0.15) is 0 Å². The van der Waals surface area contributed by atoms with E-state index in [9.17, 15) is 4.79 Å². The maximum atomic E-state index is 12.6. The molecular weight excluding hydrogens is 350 g/mol. The highest BCUT2D eigenvalue weighted by Gasteiger charge is 2.25. The molecule has 1 aromatic heterocycles. The van der Waals surface area contributed by atoms with Gasteiger partial charge in [-0.1, -0.05) is 47.7 Å². The second-order valence-electron chi connectivity index (χ2n) is 7.81. The van der Waals surface area contributed by atoms with Crippen molar-refractivity contribution in [3.05, 3.63) is 53.9 Å². The molecule has 0 bridgehead atoms. The van der Waals surface area contributed by atoms with Crippen molar-refractivity contribution in [3.8, 4) is 0 Å². The number of rotatable bonds is 5. The summed E-state index contributed by atoms with van der Waals surface area (Å²) in [5, 5.41) is 8.48. The molecule has 1 aromatic carbocycles. The van der Waals surface area contributed by atoms with E-state index < -0.39 is 0 Å². The van der Waals surface area contributed by atoms with Crippen molar-refractivity contribution >= 4 is 12.0 Å². The molecule has 0 N–H and O–H groups in total. The predicted octanol–water partition coefficient (Wildman–Crippen LogP) is 3.25. The molecule has 0 radical (unpaired) electrons. The van der Waals surface area contributed by atoms with E-state index in [1.54, 1.807) is 0 Å². The Morgan fingerprint density at radius 2 is 1.89 bits per heavy atom. The van der Waals surface area contributed by atoms with Crippen LogP contribution in [-0.2, 0) is 0 Å². The lowest BCUT2D eigenvalue weighted by atomic mass is 10.1. The molecular formula is C22H29N5O. The SMILES string of the molecule is O=C(c1cn([C@@H]2CCCN(C/C=C/c3ccccc3)C2)nn1)N1CCCCC1. The first-order valence-electron chi connectivity index (χ1n) is 10.4. The molecule has 1 atom stereocenters. The van der Waals surface area contributed by atoms with Gasteiger partial charge in [-0.25, -0.2) is 4.68 Å². The van der Waals surface area contributed by atoms with Gasteiger partial charge in [-0.15, -0.1) is 5.10 Å². The third-order valence-corrected chi connectivity index (χ3v) is 5.70. The number of benzene rings is 1. The Hall–Kier alpha value is -2.47. The molecule has 148 valence electrons. The number of nitrogens with zero attached hydrogens (tertiary/aromatic N) is 5. The second-order valence-corrected chi connectivity index (χ2v) is 7.81. The summed E-state index contributed by atoms with van der Waals surface area (Å²) >= 11 is 0. The van der Waals surface area contributed by atoms with E-state index in [-0.39, 0.29) is 11.9 Å². The summed E-state index contributed by atoms with van der Waals surface area (Å²) < 4.78 is 1.91. The number of piperidine rings is 2. The fourth-order valence-corrected chi connectivity index (χ4v) is 4.13. The number of aromatic nitrogens is 3. The normalized spacial score (nSPS) is 21.3. The smallest absolute Gasteiger partial charge is 0.276 e. The van der Waals surface area contributed by atoms with Crippen LogP contribution in [0.25, 0.3) is 6.08 Å². The zero-order chi connectivity index (χ0) is 19.2. The van der Waals surface area contributed by atoms with Crippen LogP contribution in [0.15, 0.2) is 42.6 Å². The van der Waals surface area contributed by atoms with Crippen LogP contribution in [0, 0.1) is 0 Å². The van der Waals surface area contributed by atoms with Crippen LogP contribution < -0.4 is 0 Å². The van der Waals surface area contributed by atoms with Gasteiger partial charge in [0.25, 0.3) is 5.91 Å². The Kier molecular flexibility index (Phi) is 6.17. The molecule has 2 aromatic rings. The van der Waals surface area contributed by atoms with Crippen molar-refractivity contribution < 1.29 is 4.79 Å². The Balaban J connectivity index is 1.33. The average molecular weight is 380 g/mol. The minimum absolute atomic E-state index is 0.0319. The number of hydrogen-bond acceptors (Lipinski definition) is 4. The first kappa shape index (κ1) is 18.9. The highest BCUT2D eigenvalue weighted by molar-refractivity contribution is 5.91. The fourth-order valence-electron chi connectivity index (χ4n) is 4.13. The van der Waals surface area contributed by atoms with Gasteiger partial charge >= 0.3 is 0 Å². The molecule has 0 saturated carbocycles. The molecule has 6 nitrogen and oxygen atoms in total. The number of carbonyl (C=O) groups excluding carboxylic acids is 1. The van der Waals surface area contributed by atoms with Crippen LogP contribution in [0.4, 0.5) is 0 Å². The topological polar surface area (TPSA) is 54.3 Å². The van der Waals surface area contributed by atoms with Gasteiger partial charge in [0.2, 0.25) is 0 Å². The minimum atomic E-state index is 0.0319. The van der Waals surface area contributed by atoms with E-state index in [1.165, 1.54) is 12.0 Å². The third-order valence-electron chi connectivity index (χ3n) is 5.70. The van der Waals surface area contributed by atoms with Crippen LogP contribution in [0.2, 0.25) is 0 Å². The largest absolute Gasteiger partial charge is 0.337 e. The fraction of sp³-hybridized carbons (Fsp3) is 0.500. The van der Waals surface area contributed by atoms with Crippen molar-refractivity contribution in [3.63, 3.8) is 0 Å². The molecule has 28 heavy (non-hydrogen) atoms. The highest BCUT2D eigenvalue weighted by atomic mass is 16.2. The van der Waals surface area contributed by atoms with Gasteiger partial charge < -0.3 is 4.90 Å². The van der Waals surface area contributed by atoms with Gasteiger partial charge in [0.05, 0.1) is 12.2 Å². The second kappa shape index (κ2) is 9.15. The molecule has 0 aliphatic carbocycles. The van der Waals surface area contributed by atoms with Crippen molar-refractivity contribution in [1.29, 1.82) is 0 Å². The number of likely N-dealkylation sites (tertiary alicyclic amines) is 2. The lowest BCUT2D eigenvalue weighted by Gasteiger charge is -2.31. The molecule has 3 heterocycles. The van der Waals surface area contributed by atoms with E-state index in [2.05, 4.69) is 51.6 Å². The number of carbonyl (C=O) groups is 1. The molecule has 2 aliphatic heterocycles. The Morgan fingerprint density at radius 1 is 1.07 bits per heavy atom. The van der Waals surface area contributed by atoms with Crippen LogP contribution in [0.3, 0.4) is 0 Å². The summed E-state index contributed by atoms with van der Waals surface area (Å²) in [5.41, 5.74) is 1.72. The summed E-state index contributed by atoms with van der Waals surface area (Å²) in [5.74, 6) is 0.0319. The lowest BCUT2D eigenvalue weighted by Crippen LogP contribution is -2.37. The number of amides is 1. The summed E-state index contributed by atoms with van der Waals surface area (Å²) in [6, 6.07) is 10.7. The predicted molar refractivity (Wildman–Crippen MR) is 110 cm³/mol. The summed E-state index contributed by atoms with van der Waals surface area (Å²) in [6.07, 6.45) is 11.9. The van der Waals surface area contributed by atoms with Gasteiger partial charge in [0, 0.05) is 26.2 Å². The van der Waals surface area contributed by atoms with E-state index in [0.717, 1.165) is 58.4 Å². The quantitative estimate of drug-likeness (QED) is 0.800. The van der Waals surface area contributed by atoms with Crippen molar-refractivity contribution in [2.24, 2.45) is 0 Å². The third kappa shape index (κ3) is 4.68. The highest BCUT2D eigenvalue weighted by Crippen LogP contribution is 2.21. The number of hydrogen-bond donors (Lipinski definition) is 0. The minimum Gasteiger partial charge on any atom is -0.337 e. The van der Waals surface area contributed by atoms with Crippen molar-refractivity contribution in [1.82, 2.24) is 24.8 Å². The maximum Gasteiger partial charge on any atom is 0.276 e. The van der Waals surface area contributed by atoms with E-state index in [1.807, 2.05) is 21.8 Å². The first-order valence-corrected chi connectivity index (χ1v) is 10.4. The van der Waals surface area contributed by atoms with E-state index in [0.29, 0.717) is 5.69 Å². The lowest BCUT2D eigenvalue weighted by molar-refractivity contribution is 0.0718. The van der Waals surface area contributed by atoms with Gasteiger partial charge in [0.15, 0.2) is 5.69 Å². The monoisotopic (exact) mass is 379 g/mol. The van der Waals surface area contributed by atoms with Gasteiger partial charge in [-0.05, 0) is 44.2 Å². The zero-order valence-corrected chi connectivity index (χ0v) is 16.4.